The molecule has 2 aromatic rings. The van der Waals surface area contributed by atoms with Crippen LogP contribution < -0.4 is 9.47 Å². The molecule has 0 fully saturated rings. The molecule has 0 spiro atoms. The summed E-state index contributed by atoms with van der Waals surface area (Å²) >= 11 is 11.8. The standard InChI is InChI=1S/C18H18Cl2O3/c1-11(2)14-6-4-12(3)8-17(14)23-18(21)10-22-16-7-5-13(19)9-15(16)20/h4-9,11H,10H2,1-3H3. The van der Waals surface area contributed by atoms with Crippen LogP contribution in [0.25, 0.3) is 0 Å². The first-order valence-electron chi connectivity index (χ1n) is 7.26. The maximum Gasteiger partial charge on any atom is 0.349 e. The van der Waals surface area contributed by atoms with Gasteiger partial charge in [-0.05, 0) is 48.2 Å². The second-order valence-corrected chi connectivity index (χ2v) is 6.38. The van der Waals surface area contributed by atoms with E-state index in [1.165, 1.54) is 0 Å². The predicted molar refractivity (Wildman–Crippen MR) is 92.9 cm³/mol. The van der Waals surface area contributed by atoms with Crippen LogP contribution >= 0.6 is 23.2 Å². The van der Waals surface area contributed by atoms with E-state index in [4.69, 9.17) is 32.7 Å². The number of carbonyl (C=O) groups excluding carboxylic acids is 1. The maximum absolute atomic E-state index is 12.0. The first kappa shape index (κ1) is 17.6. The lowest BCUT2D eigenvalue weighted by molar-refractivity contribution is -0.136. The summed E-state index contributed by atoms with van der Waals surface area (Å²) < 4.78 is 10.8. The highest BCUT2D eigenvalue weighted by atomic mass is 35.5. The van der Waals surface area contributed by atoms with Gasteiger partial charge in [-0.1, -0.05) is 49.2 Å². The number of aryl methyl sites for hydroxylation is 1. The van der Waals surface area contributed by atoms with Crippen molar-refractivity contribution in [2.24, 2.45) is 0 Å². The third-order valence-corrected chi connectivity index (χ3v) is 3.78. The topological polar surface area (TPSA) is 35.5 Å². The van der Waals surface area contributed by atoms with Crippen LogP contribution in [0.1, 0.15) is 30.9 Å². The molecule has 0 atom stereocenters. The van der Waals surface area contributed by atoms with Crippen molar-refractivity contribution < 1.29 is 14.3 Å². The predicted octanol–water partition coefficient (Wildman–Crippen LogP) is 5.41. The molecule has 0 bridgehead atoms. The third-order valence-electron chi connectivity index (χ3n) is 3.25. The first-order valence-corrected chi connectivity index (χ1v) is 8.01. The molecule has 3 nitrogen and oxygen atoms in total. The molecule has 0 aromatic heterocycles. The van der Waals surface area contributed by atoms with Gasteiger partial charge in [0.1, 0.15) is 11.5 Å². The first-order chi connectivity index (χ1) is 10.9. The van der Waals surface area contributed by atoms with Gasteiger partial charge in [-0.3, -0.25) is 0 Å². The third kappa shape index (κ3) is 4.88. The average molecular weight is 353 g/mol. The molecule has 122 valence electrons. The van der Waals surface area contributed by atoms with Gasteiger partial charge < -0.3 is 9.47 Å². The Bertz CT molecular complexity index is 711. The molecule has 0 aliphatic heterocycles. The Kier molecular flexibility index (Phi) is 5.91. The second kappa shape index (κ2) is 7.71. The minimum Gasteiger partial charge on any atom is -0.480 e. The van der Waals surface area contributed by atoms with Crippen LogP contribution in [0.2, 0.25) is 10.0 Å². The zero-order chi connectivity index (χ0) is 17.0. The molecule has 0 saturated carbocycles. The summed E-state index contributed by atoms with van der Waals surface area (Å²) in [5.74, 6) is 0.727. The Labute approximate surface area is 146 Å². The number of ether oxygens (including phenoxy) is 2. The Morgan fingerprint density at radius 1 is 1.09 bits per heavy atom. The summed E-state index contributed by atoms with van der Waals surface area (Å²) in [5.41, 5.74) is 2.01. The molecule has 0 saturated heterocycles. The van der Waals surface area contributed by atoms with Crippen molar-refractivity contribution >= 4 is 29.2 Å². The zero-order valence-corrected chi connectivity index (χ0v) is 14.7. The lowest BCUT2D eigenvalue weighted by Crippen LogP contribution is -2.18. The molecular formula is C18H18Cl2O3. The van der Waals surface area contributed by atoms with Crippen LogP contribution in [0.5, 0.6) is 11.5 Å². The molecule has 2 rings (SSSR count). The van der Waals surface area contributed by atoms with E-state index in [0.29, 0.717) is 21.5 Å². The zero-order valence-electron chi connectivity index (χ0n) is 13.2. The average Bonchev–Trinajstić information content (AvgIpc) is 2.46. The summed E-state index contributed by atoms with van der Waals surface area (Å²) in [6.07, 6.45) is 0. The minimum atomic E-state index is -0.483. The van der Waals surface area contributed by atoms with Gasteiger partial charge in [0.25, 0.3) is 0 Å². The van der Waals surface area contributed by atoms with Crippen molar-refractivity contribution in [3.8, 4) is 11.5 Å². The molecule has 0 radical (unpaired) electrons. The number of hydrogen-bond acceptors (Lipinski definition) is 3. The number of hydrogen-bond donors (Lipinski definition) is 0. The highest BCUT2D eigenvalue weighted by Gasteiger charge is 2.13. The summed E-state index contributed by atoms with van der Waals surface area (Å²) in [6.45, 7) is 5.82. The Hall–Kier alpha value is -1.71. The van der Waals surface area contributed by atoms with Crippen LogP contribution in [0.3, 0.4) is 0 Å². The molecule has 0 heterocycles. The van der Waals surface area contributed by atoms with Gasteiger partial charge in [0, 0.05) is 5.02 Å². The number of esters is 1. The maximum atomic E-state index is 12.0. The summed E-state index contributed by atoms with van der Waals surface area (Å²) in [7, 11) is 0. The highest BCUT2D eigenvalue weighted by molar-refractivity contribution is 6.35. The molecule has 23 heavy (non-hydrogen) atoms. The van der Waals surface area contributed by atoms with Crippen LogP contribution in [-0.4, -0.2) is 12.6 Å². The molecule has 0 aliphatic rings. The lowest BCUT2D eigenvalue weighted by Gasteiger charge is -2.14. The van der Waals surface area contributed by atoms with Crippen LogP contribution in [0, 0.1) is 6.92 Å². The van der Waals surface area contributed by atoms with E-state index in [1.54, 1.807) is 18.2 Å². The number of rotatable bonds is 5. The summed E-state index contributed by atoms with van der Waals surface area (Å²) in [6, 6.07) is 10.6. The Morgan fingerprint density at radius 3 is 2.48 bits per heavy atom. The van der Waals surface area contributed by atoms with Gasteiger partial charge in [0.15, 0.2) is 6.61 Å². The quantitative estimate of drug-likeness (QED) is 0.533. The van der Waals surface area contributed by atoms with E-state index in [0.717, 1.165) is 11.1 Å². The number of halogens is 2. The highest BCUT2D eigenvalue weighted by Crippen LogP contribution is 2.29. The molecule has 0 aliphatic carbocycles. The Balaban J connectivity index is 2.04. The molecule has 2 aromatic carbocycles. The van der Waals surface area contributed by atoms with E-state index in [-0.39, 0.29) is 12.5 Å². The second-order valence-electron chi connectivity index (χ2n) is 5.53. The molecule has 0 amide bonds. The van der Waals surface area contributed by atoms with E-state index in [9.17, 15) is 4.79 Å². The Morgan fingerprint density at radius 2 is 1.83 bits per heavy atom. The van der Waals surface area contributed by atoms with Gasteiger partial charge in [0.2, 0.25) is 0 Å². The van der Waals surface area contributed by atoms with Crippen LogP contribution in [-0.2, 0) is 4.79 Å². The van der Waals surface area contributed by atoms with E-state index in [2.05, 4.69) is 0 Å². The fourth-order valence-corrected chi connectivity index (χ4v) is 2.55. The fourth-order valence-electron chi connectivity index (χ4n) is 2.09. The van der Waals surface area contributed by atoms with Gasteiger partial charge in [-0.2, -0.15) is 0 Å². The van der Waals surface area contributed by atoms with Crippen molar-refractivity contribution in [2.75, 3.05) is 6.61 Å². The lowest BCUT2D eigenvalue weighted by atomic mass is 10.0. The van der Waals surface area contributed by atoms with Crippen molar-refractivity contribution in [2.45, 2.75) is 26.7 Å². The summed E-state index contributed by atoms with van der Waals surface area (Å²) in [4.78, 5) is 12.0. The van der Waals surface area contributed by atoms with E-state index in [1.807, 2.05) is 39.0 Å². The van der Waals surface area contributed by atoms with Gasteiger partial charge in [-0.15, -0.1) is 0 Å². The van der Waals surface area contributed by atoms with Crippen molar-refractivity contribution in [3.63, 3.8) is 0 Å². The molecule has 5 heteroatoms. The largest absolute Gasteiger partial charge is 0.480 e. The SMILES string of the molecule is Cc1ccc(C(C)C)c(OC(=O)COc2ccc(Cl)cc2Cl)c1. The monoisotopic (exact) mass is 352 g/mol. The smallest absolute Gasteiger partial charge is 0.349 e. The number of benzene rings is 2. The fraction of sp³-hybridized carbons (Fsp3) is 0.278. The van der Waals surface area contributed by atoms with Crippen molar-refractivity contribution in [3.05, 3.63) is 57.6 Å². The van der Waals surface area contributed by atoms with E-state index >= 15 is 0 Å². The van der Waals surface area contributed by atoms with Crippen molar-refractivity contribution in [1.82, 2.24) is 0 Å². The van der Waals surface area contributed by atoms with Gasteiger partial charge in [0.05, 0.1) is 5.02 Å². The molecular weight excluding hydrogens is 335 g/mol. The normalized spacial score (nSPS) is 10.7. The van der Waals surface area contributed by atoms with Crippen LogP contribution in [0.4, 0.5) is 0 Å². The molecule has 0 unspecified atom stereocenters. The minimum absolute atomic E-state index is 0.229. The van der Waals surface area contributed by atoms with Gasteiger partial charge >= 0.3 is 5.97 Å². The summed E-state index contributed by atoms with van der Waals surface area (Å²) in [5, 5.41) is 0.856. The van der Waals surface area contributed by atoms with Crippen molar-refractivity contribution in [1.29, 1.82) is 0 Å². The molecule has 0 N–H and O–H groups in total. The number of carbonyl (C=O) groups is 1. The van der Waals surface area contributed by atoms with Gasteiger partial charge in [-0.25, -0.2) is 4.79 Å². The van der Waals surface area contributed by atoms with E-state index < -0.39 is 5.97 Å². The van der Waals surface area contributed by atoms with Crippen LogP contribution in [0.15, 0.2) is 36.4 Å².